The van der Waals surface area contributed by atoms with Gasteiger partial charge in [0.05, 0.1) is 30.2 Å². The van der Waals surface area contributed by atoms with Crippen LogP contribution in [0.5, 0.6) is 5.75 Å². The molecule has 0 saturated heterocycles. The number of carbonyl (C=O) groups excluding carboxylic acids is 1. The highest BCUT2D eigenvalue weighted by atomic mass is 35.5. The number of rotatable bonds is 7. The van der Waals surface area contributed by atoms with Gasteiger partial charge in [0.25, 0.3) is 5.91 Å². The Balaban J connectivity index is 1.67. The minimum absolute atomic E-state index is 0.000651. The second kappa shape index (κ2) is 11.3. The van der Waals surface area contributed by atoms with E-state index >= 15 is 0 Å². The maximum absolute atomic E-state index is 13.5. The first-order valence-electron chi connectivity index (χ1n) is 11.3. The average Bonchev–Trinajstić information content (AvgIpc) is 3.36. The Labute approximate surface area is 228 Å². The van der Waals surface area contributed by atoms with Gasteiger partial charge in [0.15, 0.2) is 0 Å². The molecule has 0 spiro atoms. The Morgan fingerprint density at radius 3 is 2.55 bits per heavy atom. The first-order valence-corrected chi connectivity index (χ1v) is 11.7. The van der Waals surface area contributed by atoms with Crippen LogP contribution in [-0.4, -0.2) is 34.7 Å². The number of carbonyl (C=O) groups is 1. The highest BCUT2D eigenvalue weighted by Gasteiger charge is 2.33. The first kappa shape index (κ1) is 27.9. The zero-order valence-electron chi connectivity index (χ0n) is 20.4. The molecular weight excluding hydrogens is 553 g/mol. The summed E-state index contributed by atoms with van der Waals surface area (Å²) in [5, 5.41) is 25.0. The Hall–Kier alpha value is -5.14. The number of nitrogens with zero attached hydrogens (tertiary/aromatic N) is 5. The molecule has 2 aromatic heterocycles. The van der Waals surface area contributed by atoms with Crippen molar-refractivity contribution in [3.05, 3.63) is 92.5 Å². The number of hydrogen-bond donors (Lipinski definition) is 1. The maximum atomic E-state index is 13.5. The van der Waals surface area contributed by atoms with Gasteiger partial charge in [-0.25, -0.2) is 9.89 Å². The summed E-state index contributed by atoms with van der Waals surface area (Å²) in [6.07, 6.45) is -3.76. The molecule has 2 aromatic carbocycles. The fourth-order valence-corrected chi connectivity index (χ4v) is 3.99. The van der Waals surface area contributed by atoms with Gasteiger partial charge in [-0.2, -0.15) is 23.7 Å². The van der Waals surface area contributed by atoms with Gasteiger partial charge in [0.1, 0.15) is 23.2 Å². The van der Waals surface area contributed by atoms with Crippen molar-refractivity contribution in [2.24, 2.45) is 0 Å². The zero-order chi connectivity index (χ0) is 29.0. The van der Waals surface area contributed by atoms with E-state index in [1.165, 1.54) is 36.2 Å². The zero-order valence-corrected chi connectivity index (χ0v) is 21.2. The number of para-hydroxylation sites is 1. The predicted octanol–water partition coefficient (Wildman–Crippen LogP) is 4.74. The molecule has 0 radical (unpaired) electrons. The number of H-pyrrole nitrogens is 1. The summed E-state index contributed by atoms with van der Waals surface area (Å²) < 4.78 is 49.9. The predicted molar refractivity (Wildman–Crippen MR) is 135 cm³/mol. The molecule has 0 aliphatic rings. The van der Waals surface area contributed by atoms with Crippen LogP contribution in [0.1, 0.15) is 33.1 Å². The van der Waals surface area contributed by atoms with Gasteiger partial charge in [-0.05, 0) is 36.4 Å². The highest BCUT2D eigenvalue weighted by Crippen LogP contribution is 2.36. The van der Waals surface area contributed by atoms with Gasteiger partial charge in [0, 0.05) is 35.0 Å². The van der Waals surface area contributed by atoms with E-state index in [4.69, 9.17) is 20.8 Å². The molecule has 0 aliphatic heterocycles. The lowest BCUT2D eigenvalue weighted by molar-refractivity contribution is -0.141. The normalized spacial score (nSPS) is 11.0. The summed E-state index contributed by atoms with van der Waals surface area (Å²) in [5.74, 6) is -1.04. The number of benzene rings is 2. The number of hydrogen-bond acceptors (Lipinski definition) is 8. The van der Waals surface area contributed by atoms with Crippen molar-refractivity contribution in [3.63, 3.8) is 0 Å². The minimum atomic E-state index is -4.76. The second-order valence-corrected chi connectivity index (χ2v) is 8.56. The van der Waals surface area contributed by atoms with E-state index in [1.54, 1.807) is 18.2 Å². The van der Waals surface area contributed by atoms with Crippen LogP contribution in [0.15, 0.2) is 57.9 Å². The average molecular weight is 569 g/mol. The van der Waals surface area contributed by atoms with Crippen LogP contribution in [-0.2, 0) is 12.6 Å². The number of pyridine rings is 1. The van der Waals surface area contributed by atoms with Crippen LogP contribution in [0, 0.1) is 22.7 Å². The van der Waals surface area contributed by atoms with Crippen molar-refractivity contribution in [1.29, 1.82) is 10.5 Å². The highest BCUT2D eigenvalue weighted by molar-refractivity contribution is 6.33. The van der Waals surface area contributed by atoms with Crippen LogP contribution in [0.4, 0.5) is 18.9 Å². The van der Waals surface area contributed by atoms with E-state index in [1.807, 2.05) is 6.07 Å². The van der Waals surface area contributed by atoms with Crippen molar-refractivity contribution >= 4 is 23.2 Å². The van der Waals surface area contributed by atoms with E-state index in [0.29, 0.717) is 6.07 Å². The Bertz CT molecular complexity index is 1740. The van der Waals surface area contributed by atoms with Gasteiger partial charge in [-0.3, -0.25) is 9.78 Å². The molecule has 0 unspecified atom stereocenters. The lowest BCUT2D eigenvalue weighted by Crippen LogP contribution is -2.27. The second-order valence-electron chi connectivity index (χ2n) is 8.15. The summed E-state index contributed by atoms with van der Waals surface area (Å²) in [6.45, 7) is 0.000651. The molecule has 14 heteroatoms. The lowest BCUT2D eigenvalue weighted by atomic mass is 9.99. The molecule has 0 bridgehead atoms. The minimum Gasteiger partial charge on any atom is -0.491 e. The van der Waals surface area contributed by atoms with Crippen molar-refractivity contribution in [1.82, 2.24) is 15.2 Å². The van der Waals surface area contributed by atoms with Crippen molar-refractivity contribution in [3.8, 4) is 29.0 Å². The lowest BCUT2D eigenvalue weighted by Gasteiger charge is -2.22. The molecule has 0 atom stereocenters. The number of ether oxygens (including phenoxy) is 1. The fourth-order valence-electron chi connectivity index (χ4n) is 3.77. The number of nitrogens with one attached hydrogen (secondary N) is 1. The standard InChI is InChI=1S/C26H16ClF3N6O4/c1-36(23-15(11-31)3-2-4-20(23)39-8-7-22-34-35-25(38)40-22)24(37)14-5-6-19(27)17(9-14)18-13-33-21(26(28,29)30)10-16(18)12-32/h2-6,9-10,13H,7-8H2,1H3,(H,35,38). The number of anilines is 1. The van der Waals surface area contributed by atoms with Gasteiger partial charge in [0.2, 0.25) is 5.89 Å². The molecule has 1 N–H and O–H groups in total. The van der Waals surface area contributed by atoms with Crippen LogP contribution < -0.4 is 15.4 Å². The van der Waals surface area contributed by atoms with E-state index in [-0.39, 0.29) is 63.2 Å². The topological polar surface area (TPSA) is 149 Å². The SMILES string of the molecule is CN(C(=O)c1ccc(Cl)c(-c2cnc(C(F)(F)F)cc2C#N)c1)c1c(C#N)cccc1OCCc1n[nH]c(=O)o1. The third-order valence-electron chi connectivity index (χ3n) is 5.63. The number of alkyl halides is 3. The summed E-state index contributed by atoms with van der Waals surface area (Å²) in [5.41, 5.74) is -1.14. The molecule has 40 heavy (non-hydrogen) atoms. The quantitative estimate of drug-likeness (QED) is 0.336. The maximum Gasteiger partial charge on any atom is 0.434 e. The Morgan fingerprint density at radius 1 is 1.15 bits per heavy atom. The molecule has 0 fully saturated rings. The van der Waals surface area contributed by atoms with Gasteiger partial charge < -0.3 is 14.1 Å². The summed E-state index contributed by atoms with van der Waals surface area (Å²) >= 11 is 6.29. The van der Waals surface area contributed by atoms with E-state index < -0.39 is 23.5 Å². The Kier molecular flexibility index (Phi) is 7.88. The number of amides is 1. The number of aromatic nitrogens is 3. The van der Waals surface area contributed by atoms with Crippen molar-refractivity contribution < 1.29 is 27.1 Å². The molecule has 1 amide bonds. The molecule has 2 heterocycles. The van der Waals surface area contributed by atoms with Crippen molar-refractivity contribution in [2.45, 2.75) is 12.6 Å². The van der Waals surface area contributed by atoms with E-state index in [2.05, 4.69) is 15.2 Å². The van der Waals surface area contributed by atoms with Gasteiger partial charge in [-0.15, -0.1) is 5.10 Å². The Morgan fingerprint density at radius 2 is 1.90 bits per heavy atom. The molecule has 202 valence electrons. The van der Waals surface area contributed by atoms with Crippen LogP contribution >= 0.6 is 11.6 Å². The smallest absolute Gasteiger partial charge is 0.434 e. The fraction of sp³-hybridized carbons (Fsp3) is 0.154. The summed E-state index contributed by atoms with van der Waals surface area (Å²) in [4.78, 5) is 29.2. The number of aromatic amines is 1. The first-order chi connectivity index (χ1) is 19.0. The molecular formula is C26H16ClF3N6O4. The third kappa shape index (κ3) is 5.80. The number of halogens is 4. The largest absolute Gasteiger partial charge is 0.491 e. The third-order valence-corrected chi connectivity index (χ3v) is 5.96. The van der Waals surface area contributed by atoms with Crippen molar-refractivity contribution in [2.75, 3.05) is 18.6 Å². The molecule has 4 aromatic rings. The van der Waals surface area contributed by atoms with Gasteiger partial charge in [-0.1, -0.05) is 17.7 Å². The monoisotopic (exact) mass is 568 g/mol. The van der Waals surface area contributed by atoms with E-state index in [0.717, 1.165) is 6.20 Å². The molecule has 0 aliphatic carbocycles. The summed E-state index contributed by atoms with van der Waals surface area (Å²) in [7, 11) is 1.41. The van der Waals surface area contributed by atoms with Crippen LogP contribution in [0.2, 0.25) is 5.02 Å². The van der Waals surface area contributed by atoms with Crippen LogP contribution in [0.25, 0.3) is 11.1 Å². The summed E-state index contributed by atoms with van der Waals surface area (Å²) in [6, 6.07) is 13.0. The van der Waals surface area contributed by atoms with Crippen LogP contribution in [0.3, 0.4) is 0 Å². The molecule has 10 nitrogen and oxygen atoms in total. The molecule has 0 saturated carbocycles. The number of nitriles is 2. The molecule has 4 rings (SSSR count). The van der Waals surface area contributed by atoms with E-state index in [9.17, 15) is 33.3 Å². The van der Waals surface area contributed by atoms with Gasteiger partial charge >= 0.3 is 11.9 Å².